The van der Waals surface area contributed by atoms with Crippen LogP contribution in [0.25, 0.3) is 6.08 Å². The molecule has 0 atom stereocenters. The third kappa shape index (κ3) is 6.57. The van der Waals surface area contributed by atoms with E-state index in [4.69, 9.17) is 21.1 Å². The largest absolute Gasteiger partial charge is 0.490 e. The van der Waals surface area contributed by atoms with E-state index in [-0.39, 0.29) is 30.2 Å². The van der Waals surface area contributed by atoms with E-state index in [1.54, 1.807) is 42.5 Å². The van der Waals surface area contributed by atoms with E-state index in [9.17, 15) is 14.4 Å². The Bertz CT molecular complexity index is 1420. The van der Waals surface area contributed by atoms with Crippen LogP contribution in [0.2, 0.25) is 5.02 Å². The summed E-state index contributed by atoms with van der Waals surface area (Å²) in [7, 11) is 0. The zero-order valence-electron chi connectivity index (χ0n) is 21.2. The average molecular weight is 551 g/mol. The summed E-state index contributed by atoms with van der Waals surface area (Å²) in [5.74, 6) is 0.134. The molecule has 1 fully saturated rings. The Morgan fingerprint density at radius 1 is 1.00 bits per heavy atom. The maximum Gasteiger partial charge on any atom is 0.293 e. The van der Waals surface area contributed by atoms with Crippen molar-refractivity contribution in [2.45, 2.75) is 27.3 Å². The highest BCUT2D eigenvalue weighted by atomic mass is 35.5. The van der Waals surface area contributed by atoms with Crippen molar-refractivity contribution in [2.75, 3.05) is 18.5 Å². The zero-order chi connectivity index (χ0) is 27.2. The van der Waals surface area contributed by atoms with Gasteiger partial charge in [-0.05, 0) is 91.2 Å². The second-order valence-electron chi connectivity index (χ2n) is 8.63. The number of rotatable bonds is 9. The molecule has 38 heavy (non-hydrogen) atoms. The number of ether oxygens (including phenoxy) is 2. The van der Waals surface area contributed by atoms with Gasteiger partial charge in [0.2, 0.25) is 0 Å². The number of carbonyl (C=O) groups excluding carboxylic acids is 3. The topological polar surface area (TPSA) is 84.9 Å². The van der Waals surface area contributed by atoms with E-state index in [0.29, 0.717) is 44.8 Å². The van der Waals surface area contributed by atoms with Crippen molar-refractivity contribution < 1.29 is 23.9 Å². The summed E-state index contributed by atoms with van der Waals surface area (Å²) in [6.07, 6.45) is 1.64. The Labute approximate surface area is 230 Å². The van der Waals surface area contributed by atoms with Crippen molar-refractivity contribution in [3.8, 4) is 11.5 Å². The van der Waals surface area contributed by atoms with Crippen LogP contribution in [0.5, 0.6) is 11.5 Å². The first-order valence-corrected chi connectivity index (χ1v) is 13.2. The number of benzene rings is 3. The molecule has 3 aromatic rings. The summed E-state index contributed by atoms with van der Waals surface area (Å²) in [5, 5.41) is 2.96. The highest BCUT2D eigenvalue weighted by Crippen LogP contribution is 2.36. The summed E-state index contributed by atoms with van der Waals surface area (Å²) in [5.41, 5.74) is 4.28. The number of hydrogen-bond donors (Lipinski definition) is 1. The van der Waals surface area contributed by atoms with Gasteiger partial charge >= 0.3 is 0 Å². The number of halogens is 1. The van der Waals surface area contributed by atoms with Crippen molar-refractivity contribution in [3.05, 3.63) is 92.8 Å². The standard InChI is InChI=1S/C29H27ClN2O5S/c1-4-36-25-14-20(10-12-24(25)37-17-27(33)31-22-11-9-18(2)19(3)13-22)15-26-28(34)32(29(35)38-26)16-21-7-5-6-8-23(21)30/h5-15H,4,16-17H2,1-3H3,(H,31,33)/b26-15+. The number of thioether (sulfide) groups is 1. The molecule has 1 heterocycles. The Hall–Kier alpha value is -3.75. The lowest BCUT2D eigenvalue weighted by atomic mass is 10.1. The van der Waals surface area contributed by atoms with E-state index in [1.165, 1.54) is 4.90 Å². The monoisotopic (exact) mass is 550 g/mol. The summed E-state index contributed by atoms with van der Waals surface area (Å²) in [6.45, 7) is 6.10. The van der Waals surface area contributed by atoms with Crippen LogP contribution in [0, 0.1) is 13.8 Å². The molecule has 196 valence electrons. The molecule has 1 aliphatic rings. The number of imide groups is 1. The third-order valence-corrected chi connectivity index (χ3v) is 7.15. The Morgan fingerprint density at radius 3 is 2.53 bits per heavy atom. The van der Waals surface area contributed by atoms with Gasteiger partial charge in [-0.2, -0.15) is 0 Å². The van der Waals surface area contributed by atoms with Gasteiger partial charge in [0.25, 0.3) is 17.1 Å². The lowest BCUT2D eigenvalue weighted by Crippen LogP contribution is -2.27. The van der Waals surface area contributed by atoms with Gasteiger partial charge in [0, 0.05) is 10.7 Å². The first-order chi connectivity index (χ1) is 18.2. The van der Waals surface area contributed by atoms with Crippen LogP contribution < -0.4 is 14.8 Å². The molecular formula is C29H27ClN2O5S. The maximum atomic E-state index is 13.0. The fourth-order valence-corrected chi connectivity index (χ4v) is 4.78. The number of aryl methyl sites for hydroxylation is 2. The highest BCUT2D eigenvalue weighted by Gasteiger charge is 2.35. The number of amides is 3. The van der Waals surface area contributed by atoms with Gasteiger partial charge in [0.15, 0.2) is 18.1 Å². The van der Waals surface area contributed by atoms with Crippen LogP contribution in [0.1, 0.15) is 29.2 Å². The minimum absolute atomic E-state index is 0.100. The SMILES string of the molecule is CCOc1cc(/C=C2/SC(=O)N(Cc3ccccc3Cl)C2=O)ccc1OCC(=O)Nc1ccc(C)c(C)c1. The maximum absolute atomic E-state index is 13.0. The van der Waals surface area contributed by atoms with E-state index in [2.05, 4.69) is 5.32 Å². The van der Waals surface area contributed by atoms with Crippen molar-refractivity contribution in [3.63, 3.8) is 0 Å². The third-order valence-electron chi connectivity index (χ3n) is 5.87. The molecule has 7 nitrogen and oxygen atoms in total. The molecule has 0 radical (unpaired) electrons. The smallest absolute Gasteiger partial charge is 0.293 e. The molecule has 3 aromatic carbocycles. The minimum Gasteiger partial charge on any atom is -0.490 e. The fourth-order valence-electron chi connectivity index (χ4n) is 3.75. The number of anilines is 1. The molecule has 1 N–H and O–H groups in total. The van der Waals surface area contributed by atoms with Crippen molar-refractivity contribution in [1.29, 1.82) is 0 Å². The second-order valence-corrected chi connectivity index (χ2v) is 10.0. The number of carbonyl (C=O) groups is 3. The van der Waals surface area contributed by atoms with Gasteiger partial charge in [-0.3, -0.25) is 19.3 Å². The fraction of sp³-hybridized carbons (Fsp3) is 0.207. The summed E-state index contributed by atoms with van der Waals surface area (Å²) in [6, 6.07) is 17.9. The summed E-state index contributed by atoms with van der Waals surface area (Å²) < 4.78 is 11.4. The minimum atomic E-state index is -0.388. The van der Waals surface area contributed by atoms with Crippen LogP contribution >= 0.6 is 23.4 Å². The first-order valence-electron chi connectivity index (χ1n) is 12.0. The average Bonchev–Trinajstić information content (AvgIpc) is 3.14. The first kappa shape index (κ1) is 27.3. The molecule has 0 unspecified atom stereocenters. The molecule has 0 bridgehead atoms. The van der Waals surface area contributed by atoms with E-state index < -0.39 is 0 Å². The lowest BCUT2D eigenvalue weighted by Gasteiger charge is -2.14. The van der Waals surface area contributed by atoms with Crippen LogP contribution in [-0.2, 0) is 16.1 Å². The van der Waals surface area contributed by atoms with Gasteiger partial charge in [0.05, 0.1) is 18.1 Å². The summed E-state index contributed by atoms with van der Waals surface area (Å²) in [4.78, 5) is 39.4. The molecule has 1 aliphatic heterocycles. The van der Waals surface area contributed by atoms with Gasteiger partial charge in [-0.1, -0.05) is 41.9 Å². The molecule has 0 spiro atoms. The van der Waals surface area contributed by atoms with Gasteiger partial charge in [-0.25, -0.2) is 0 Å². The molecule has 9 heteroatoms. The van der Waals surface area contributed by atoms with Gasteiger partial charge in [-0.15, -0.1) is 0 Å². The van der Waals surface area contributed by atoms with Gasteiger partial charge < -0.3 is 14.8 Å². The van der Waals surface area contributed by atoms with Crippen LogP contribution in [0.3, 0.4) is 0 Å². The van der Waals surface area contributed by atoms with Gasteiger partial charge in [0.1, 0.15) is 0 Å². The lowest BCUT2D eigenvalue weighted by molar-refractivity contribution is -0.123. The predicted molar refractivity (Wildman–Crippen MR) is 151 cm³/mol. The normalized spacial score (nSPS) is 14.2. The Kier molecular flexibility index (Phi) is 8.76. The van der Waals surface area contributed by atoms with E-state index >= 15 is 0 Å². The molecule has 3 amide bonds. The molecule has 4 rings (SSSR count). The molecule has 0 aliphatic carbocycles. The van der Waals surface area contributed by atoms with E-state index in [1.807, 2.05) is 45.0 Å². The number of nitrogens with one attached hydrogen (secondary N) is 1. The van der Waals surface area contributed by atoms with Crippen LogP contribution in [0.15, 0.2) is 65.6 Å². The van der Waals surface area contributed by atoms with Crippen LogP contribution in [0.4, 0.5) is 10.5 Å². The molecule has 0 saturated carbocycles. The van der Waals surface area contributed by atoms with Crippen molar-refractivity contribution >= 4 is 52.2 Å². The summed E-state index contributed by atoms with van der Waals surface area (Å²) >= 11 is 7.07. The zero-order valence-corrected chi connectivity index (χ0v) is 22.8. The van der Waals surface area contributed by atoms with E-state index in [0.717, 1.165) is 22.9 Å². The highest BCUT2D eigenvalue weighted by molar-refractivity contribution is 8.18. The number of nitrogens with zero attached hydrogens (tertiary/aromatic N) is 1. The number of hydrogen-bond acceptors (Lipinski definition) is 6. The Balaban J connectivity index is 1.44. The quantitative estimate of drug-likeness (QED) is 0.302. The van der Waals surface area contributed by atoms with Crippen molar-refractivity contribution in [1.82, 2.24) is 4.90 Å². The Morgan fingerprint density at radius 2 is 1.79 bits per heavy atom. The van der Waals surface area contributed by atoms with Crippen LogP contribution in [-0.4, -0.2) is 35.2 Å². The predicted octanol–water partition coefficient (Wildman–Crippen LogP) is 6.61. The molecule has 0 aromatic heterocycles. The second kappa shape index (κ2) is 12.2. The molecular weight excluding hydrogens is 524 g/mol. The van der Waals surface area contributed by atoms with Crippen molar-refractivity contribution in [2.24, 2.45) is 0 Å². The molecule has 1 saturated heterocycles.